The quantitative estimate of drug-likeness (QED) is 0.774. The number of fused-ring (bicyclic) bond motifs is 1. The van der Waals surface area contributed by atoms with Crippen LogP contribution in [0, 0.1) is 13.8 Å². The second-order valence-corrected chi connectivity index (χ2v) is 4.54. The highest BCUT2D eigenvalue weighted by atomic mass is 16.3. The van der Waals surface area contributed by atoms with E-state index in [0.717, 1.165) is 16.8 Å². The summed E-state index contributed by atoms with van der Waals surface area (Å²) in [5.41, 5.74) is 2.76. The highest BCUT2D eigenvalue weighted by molar-refractivity contribution is 6.05. The first kappa shape index (κ1) is 12.3. The largest absolute Gasteiger partial charge is 0.466 e. The number of anilines is 1. The normalized spacial score (nSPS) is 10.7. The van der Waals surface area contributed by atoms with Gasteiger partial charge in [0.2, 0.25) is 0 Å². The van der Waals surface area contributed by atoms with E-state index in [1.54, 1.807) is 37.5 Å². The predicted octanol–water partition coefficient (Wildman–Crippen LogP) is 3.09. The molecule has 20 heavy (non-hydrogen) atoms. The maximum absolute atomic E-state index is 12.2. The Morgan fingerprint density at radius 3 is 2.55 bits per heavy atom. The number of amides is 1. The van der Waals surface area contributed by atoms with Gasteiger partial charge in [0, 0.05) is 18.1 Å². The van der Waals surface area contributed by atoms with Crippen molar-refractivity contribution in [2.45, 2.75) is 13.8 Å². The van der Waals surface area contributed by atoms with Crippen molar-refractivity contribution >= 4 is 22.6 Å². The minimum atomic E-state index is -0.192. The molecule has 0 saturated carbocycles. The number of nitrogens with one attached hydrogen (secondary N) is 1. The molecule has 0 spiro atoms. The van der Waals surface area contributed by atoms with Gasteiger partial charge < -0.3 is 9.73 Å². The summed E-state index contributed by atoms with van der Waals surface area (Å²) in [5.74, 6) is 1.14. The third kappa shape index (κ3) is 2.25. The van der Waals surface area contributed by atoms with Gasteiger partial charge in [-0.3, -0.25) is 14.8 Å². The van der Waals surface area contributed by atoms with E-state index in [2.05, 4.69) is 15.3 Å². The first-order valence-corrected chi connectivity index (χ1v) is 6.22. The second kappa shape index (κ2) is 4.77. The van der Waals surface area contributed by atoms with Crippen molar-refractivity contribution in [2.24, 2.45) is 0 Å². The van der Waals surface area contributed by atoms with Crippen LogP contribution >= 0.6 is 0 Å². The van der Waals surface area contributed by atoms with Gasteiger partial charge in [0.25, 0.3) is 5.91 Å². The van der Waals surface area contributed by atoms with Gasteiger partial charge in [0.1, 0.15) is 11.5 Å². The van der Waals surface area contributed by atoms with Crippen molar-refractivity contribution in [3.8, 4) is 0 Å². The third-order valence-electron chi connectivity index (χ3n) is 3.01. The molecule has 1 aromatic carbocycles. The van der Waals surface area contributed by atoms with Crippen LogP contribution in [0.25, 0.3) is 11.0 Å². The van der Waals surface area contributed by atoms with Gasteiger partial charge in [-0.25, -0.2) is 0 Å². The van der Waals surface area contributed by atoms with Gasteiger partial charge in [0.05, 0.1) is 16.6 Å². The molecule has 3 rings (SSSR count). The molecular formula is C15H13N3O2. The van der Waals surface area contributed by atoms with Crippen LogP contribution in [0.2, 0.25) is 0 Å². The van der Waals surface area contributed by atoms with Crippen LogP contribution in [0.4, 0.5) is 5.69 Å². The fourth-order valence-corrected chi connectivity index (χ4v) is 2.10. The van der Waals surface area contributed by atoms with Crippen molar-refractivity contribution < 1.29 is 9.21 Å². The maximum atomic E-state index is 12.2. The Kier molecular flexibility index (Phi) is 2.95. The Morgan fingerprint density at radius 1 is 1.10 bits per heavy atom. The first-order chi connectivity index (χ1) is 9.63. The zero-order valence-corrected chi connectivity index (χ0v) is 11.2. The van der Waals surface area contributed by atoms with Gasteiger partial charge in [-0.15, -0.1) is 0 Å². The molecule has 0 bridgehead atoms. The lowest BCUT2D eigenvalue weighted by molar-refractivity contribution is 0.102. The summed E-state index contributed by atoms with van der Waals surface area (Å²) in [6.45, 7) is 3.59. The highest BCUT2D eigenvalue weighted by Crippen LogP contribution is 2.18. The molecular weight excluding hydrogens is 254 g/mol. The van der Waals surface area contributed by atoms with Crippen LogP contribution in [0.5, 0.6) is 0 Å². The zero-order valence-electron chi connectivity index (χ0n) is 11.2. The summed E-state index contributed by atoms with van der Waals surface area (Å²) >= 11 is 0. The Hall–Kier alpha value is -2.69. The number of rotatable bonds is 2. The molecule has 2 heterocycles. The number of hydrogen-bond donors (Lipinski definition) is 1. The van der Waals surface area contributed by atoms with Crippen molar-refractivity contribution in [1.29, 1.82) is 0 Å². The molecule has 1 amide bonds. The molecule has 0 aliphatic rings. The molecule has 0 unspecified atom stereocenters. The van der Waals surface area contributed by atoms with Crippen molar-refractivity contribution in [3.63, 3.8) is 0 Å². The van der Waals surface area contributed by atoms with Gasteiger partial charge in [-0.1, -0.05) is 0 Å². The molecule has 2 aromatic heterocycles. The minimum Gasteiger partial charge on any atom is -0.466 e. The summed E-state index contributed by atoms with van der Waals surface area (Å²) in [6.07, 6.45) is 3.26. The molecule has 0 fully saturated rings. The summed E-state index contributed by atoms with van der Waals surface area (Å²) in [7, 11) is 0. The monoisotopic (exact) mass is 267 g/mol. The Bertz CT molecular complexity index is 793. The molecule has 5 nitrogen and oxygen atoms in total. The molecule has 0 aliphatic carbocycles. The summed E-state index contributed by atoms with van der Waals surface area (Å²) in [4.78, 5) is 20.6. The van der Waals surface area contributed by atoms with Crippen molar-refractivity contribution in [1.82, 2.24) is 9.97 Å². The molecule has 0 aliphatic heterocycles. The number of carbonyl (C=O) groups is 1. The van der Waals surface area contributed by atoms with Crippen molar-refractivity contribution in [3.05, 3.63) is 53.7 Å². The maximum Gasteiger partial charge on any atom is 0.259 e. The predicted molar refractivity (Wildman–Crippen MR) is 75.7 cm³/mol. The number of nitrogens with zero attached hydrogens (tertiary/aromatic N) is 2. The van der Waals surface area contributed by atoms with E-state index >= 15 is 0 Å². The molecule has 5 heteroatoms. The number of aryl methyl sites for hydroxylation is 2. The first-order valence-electron chi connectivity index (χ1n) is 6.22. The lowest BCUT2D eigenvalue weighted by atomic mass is 10.2. The van der Waals surface area contributed by atoms with E-state index in [1.165, 1.54) is 0 Å². The number of aromatic nitrogens is 2. The Labute approximate surface area is 115 Å². The number of benzene rings is 1. The lowest BCUT2D eigenvalue weighted by Gasteiger charge is -2.05. The topological polar surface area (TPSA) is 68.0 Å². The average molecular weight is 267 g/mol. The van der Waals surface area contributed by atoms with E-state index < -0.39 is 0 Å². The van der Waals surface area contributed by atoms with Crippen LogP contribution in [-0.2, 0) is 0 Å². The fourth-order valence-electron chi connectivity index (χ4n) is 2.10. The van der Waals surface area contributed by atoms with E-state index in [-0.39, 0.29) is 5.91 Å². The Balaban J connectivity index is 1.89. The second-order valence-electron chi connectivity index (χ2n) is 4.54. The van der Waals surface area contributed by atoms with Crippen LogP contribution in [-0.4, -0.2) is 15.9 Å². The molecule has 1 N–H and O–H groups in total. The number of carbonyl (C=O) groups excluding carboxylic acids is 1. The smallest absolute Gasteiger partial charge is 0.259 e. The van der Waals surface area contributed by atoms with Gasteiger partial charge in [-0.05, 0) is 38.1 Å². The third-order valence-corrected chi connectivity index (χ3v) is 3.01. The lowest BCUT2D eigenvalue weighted by Crippen LogP contribution is -2.12. The molecule has 0 atom stereocenters. The summed E-state index contributed by atoms with van der Waals surface area (Å²) < 4.78 is 5.36. The highest BCUT2D eigenvalue weighted by Gasteiger charge is 2.13. The van der Waals surface area contributed by atoms with E-state index in [1.807, 2.05) is 13.0 Å². The fraction of sp³-hybridized carbons (Fsp3) is 0.133. The molecule has 0 radical (unpaired) electrons. The zero-order chi connectivity index (χ0) is 14.1. The average Bonchev–Trinajstić information content (AvgIpc) is 2.78. The molecule has 100 valence electrons. The molecule has 0 saturated heterocycles. The van der Waals surface area contributed by atoms with Gasteiger partial charge in [-0.2, -0.15) is 0 Å². The van der Waals surface area contributed by atoms with Crippen LogP contribution < -0.4 is 5.32 Å². The minimum absolute atomic E-state index is 0.192. The number of hydrogen-bond acceptors (Lipinski definition) is 4. The molecule has 3 aromatic rings. The van der Waals surface area contributed by atoms with Gasteiger partial charge >= 0.3 is 0 Å². The van der Waals surface area contributed by atoms with Crippen LogP contribution in [0.3, 0.4) is 0 Å². The number of furan rings is 1. The van der Waals surface area contributed by atoms with Crippen molar-refractivity contribution in [2.75, 3.05) is 5.32 Å². The summed E-state index contributed by atoms with van der Waals surface area (Å²) in [5, 5.41) is 2.84. The Morgan fingerprint density at radius 2 is 1.85 bits per heavy atom. The standard InChI is InChI=1S/C15H13N3O2/c1-9-7-12(10(2)20-9)15(19)18-11-3-4-13-14(8-11)17-6-5-16-13/h3-8H,1-2H3,(H,18,19). The van der Waals surface area contributed by atoms with E-state index in [9.17, 15) is 4.79 Å². The summed E-state index contributed by atoms with van der Waals surface area (Å²) in [6, 6.07) is 7.15. The van der Waals surface area contributed by atoms with E-state index in [4.69, 9.17) is 4.42 Å². The van der Waals surface area contributed by atoms with Crippen LogP contribution in [0.1, 0.15) is 21.9 Å². The van der Waals surface area contributed by atoms with Crippen LogP contribution in [0.15, 0.2) is 41.1 Å². The SMILES string of the molecule is Cc1cc(C(=O)Nc2ccc3nccnc3c2)c(C)o1. The van der Waals surface area contributed by atoms with E-state index in [0.29, 0.717) is 17.0 Å². The van der Waals surface area contributed by atoms with Gasteiger partial charge in [0.15, 0.2) is 0 Å².